The molecule has 1 saturated heterocycles. The van der Waals surface area contributed by atoms with Gasteiger partial charge in [-0.25, -0.2) is 4.39 Å². The van der Waals surface area contributed by atoms with Crippen molar-refractivity contribution in [2.24, 2.45) is 4.99 Å². The van der Waals surface area contributed by atoms with E-state index in [9.17, 15) is 14.0 Å². The van der Waals surface area contributed by atoms with E-state index in [4.69, 9.17) is 10.1 Å². The molecule has 6 nitrogen and oxygen atoms in total. The SMILES string of the molecule is O=C(O)CCc1cccc(C(=Nc2ccc(CN3CCSCC3)cc2)C2C(=O)Nc3cc(F)ccc32)c1. The van der Waals surface area contributed by atoms with Crippen LogP contribution in [0.25, 0.3) is 0 Å². The fourth-order valence-electron chi connectivity index (χ4n) is 4.77. The van der Waals surface area contributed by atoms with Crippen LogP contribution < -0.4 is 5.32 Å². The molecule has 1 fully saturated rings. The van der Waals surface area contributed by atoms with Gasteiger partial charge in [-0.1, -0.05) is 36.4 Å². The smallest absolute Gasteiger partial charge is 0.303 e. The molecule has 3 aromatic rings. The average Bonchev–Trinajstić information content (AvgIpc) is 3.22. The van der Waals surface area contributed by atoms with Gasteiger partial charge in [0, 0.05) is 43.2 Å². The summed E-state index contributed by atoms with van der Waals surface area (Å²) in [7, 11) is 0. The van der Waals surface area contributed by atoms with E-state index in [1.54, 1.807) is 6.07 Å². The lowest BCUT2D eigenvalue weighted by Gasteiger charge is -2.26. The minimum atomic E-state index is -0.867. The Balaban J connectivity index is 1.50. The van der Waals surface area contributed by atoms with E-state index in [1.807, 2.05) is 48.2 Å². The predicted octanol–water partition coefficient (Wildman–Crippen LogP) is 5.25. The van der Waals surface area contributed by atoms with Crippen molar-refractivity contribution in [2.45, 2.75) is 25.3 Å². The van der Waals surface area contributed by atoms with Gasteiger partial charge in [-0.2, -0.15) is 11.8 Å². The van der Waals surface area contributed by atoms with Crippen molar-refractivity contribution in [2.75, 3.05) is 29.9 Å². The van der Waals surface area contributed by atoms with Gasteiger partial charge >= 0.3 is 5.97 Å². The van der Waals surface area contributed by atoms with E-state index in [-0.39, 0.29) is 12.3 Å². The van der Waals surface area contributed by atoms with Gasteiger partial charge in [-0.3, -0.25) is 19.5 Å². The third kappa shape index (κ3) is 6.09. The zero-order valence-electron chi connectivity index (χ0n) is 20.3. The first kappa shape index (κ1) is 25.2. The van der Waals surface area contributed by atoms with E-state index in [1.165, 1.54) is 17.7 Å². The Bertz CT molecular complexity index is 1340. The van der Waals surface area contributed by atoms with Crippen LogP contribution in [0.5, 0.6) is 0 Å². The summed E-state index contributed by atoms with van der Waals surface area (Å²) in [6.45, 7) is 3.07. The number of hydrogen-bond donors (Lipinski definition) is 2. The summed E-state index contributed by atoms with van der Waals surface area (Å²) in [5, 5.41) is 11.9. The van der Waals surface area contributed by atoms with Crippen LogP contribution >= 0.6 is 11.8 Å². The van der Waals surface area contributed by atoms with Crippen LogP contribution in [0.2, 0.25) is 0 Å². The minimum Gasteiger partial charge on any atom is -0.481 e. The number of carbonyl (C=O) groups excluding carboxylic acids is 1. The zero-order chi connectivity index (χ0) is 25.8. The molecular formula is C29H28FN3O3S. The number of carboxylic acids is 1. The molecule has 2 aliphatic rings. The second-order valence-corrected chi connectivity index (χ2v) is 10.5. The maximum atomic E-state index is 13.9. The second kappa shape index (κ2) is 11.3. The van der Waals surface area contributed by atoms with Crippen molar-refractivity contribution in [3.8, 4) is 0 Å². The van der Waals surface area contributed by atoms with E-state index in [2.05, 4.69) is 22.3 Å². The fraction of sp³-hybridized carbons (Fsp3) is 0.276. The Morgan fingerprint density at radius 3 is 2.59 bits per heavy atom. The first-order chi connectivity index (χ1) is 18.0. The van der Waals surface area contributed by atoms with Crippen molar-refractivity contribution in [3.63, 3.8) is 0 Å². The van der Waals surface area contributed by atoms with Crippen LogP contribution in [0.15, 0.2) is 71.7 Å². The average molecular weight is 518 g/mol. The molecule has 1 atom stereocenters. The molecule has 2 aliphatic heterocycles. The maximum Gasteiger partial charge on any atom is 0.303 e. The molecule has 0 radical (unpaired) electrons. The summed E-state index contributed by atoms with van der Waals surface area (Å²) in [5.74, 6) is 0.0503. The second-order valence-electron chi connectivity index (χ2n) is 9.30. The van der Waals surface area contributed by atoms with E-state index in [0.29, 0.717) is 29.1 Å². The van der Waals surface area contributed by atoms with Crippen LogP contribution in [0.1, 0.15) is 34.6 Å². The molecular weight excluding hydrogens is 489 g/mol. The molecule has 0 aromatic heterocycles. The monoisotopic (exact) mass is 517 g/mol. The molecule has 0 bridgehead atoms. The Hall–Kier alpha value is -3.49. The van der Waals surface area contributed by atoms with Crippen LogP contribution in [0.3, 0.4) is 0 Å². The topological polar surface area (TPSA) is 82.0 Å². The van der Waals surface area contributed by atoms with Gasteiger partial charge in [0.15, 0.2) is 0 Å². The van der Waals surface area contributed by atoms with Crippen molar-refractivity contribution in [1.82, 2.24) is 4.90 Å². The summed E-state index contributed by atoms with van der Waals surface area (Å²) in [6, 6.07) is 19.8. The lowest BCUT2D eigenvalue weighted by molar-refractivity contribution is -0.137. The van der Waals surface area contributed by atoms with E-state index >= 15 is 0 Å². The molecule has 3 aromatic carbocycles. The number of anilines is 1. The number of hydrogen-bond acceptors (Lipinski definition) is 5. The number of aryl methyl sites for hydroxylation is 1. The normalized spacial score (nSPS) is 17.9. The number of aliphatic carboxylic acids is 1. The van der Waals surface area contributed by atoms with Crippen LogP contribution in [0, 0.1) is 5.82 Å². The molecule has 5 rings (SSSR count). The first-order valence-electron chi connectivity index (χ1n) is 12.4. The Labute approximate surface area is 219 Å². The van der Waals surface area contributed by atoms with Crippen LogP contribution in [0.4, 0.5) is 15.8 Å². The summed E-state index contributed by atoms with van der Waals surface area (Å²) < 4.78 is 13.9. The molecule has 190 valence electrons. The molecule has 37 heavy (non-hydrogen) atoms. The highest BCUT2D eigenvalue weighted by Crippen LogP contribution is 2.37. The minimum absolute atomic E-state index is 0.0130. The maximum absolute atomic E-state index is 13.9. The van der Waals surface area contributed by atoms with E-state index < -0.39 is 17.7 Å². The van der Waals surface area contributed by atoms with Crippen molar-refractivity contribution in [3.05, 3.63) is 94.8 Å². The Morgan fingerprint density at radius 2 is 1.84 bits per heavy atom. The standard InChI is InChI=1S/C29H28FN3O3S/c30-22-7-10-24-25(17-22)32-29(36)27(24)28(21-3-1-2-19(16-21)6-11-26(34)35)31-23-8-4-20(5-9-23)18-33-12-14-37-15-13-33/h1-5,7-10,16-17,27H,6,11-15,18H2,(H,32,36)(H,34,35). The lowest BCUT2D eigenvalue weighted by Crippen LogP contribution is -2.31. The number of aliphatic imine (C=N–C) groups is 1. The van der Waals surface area contributed by atoms with Gasteiger partial charge in [-0.05, 0) is 59.0 Å². The van der Waals surface area contributed by atoms with Gasteiger partial charge in [-0.15, -0.1) is 0 Å². The Morgan fingerprint density at radius 1 is 1.05 bits per heavy atom. The highest BCUT2D eigenvalue weighted by atomic mass is 32.2. The van der Waals surface area contributed by atoms with Gasteiger partial charge in [0.25, 0.3) is 0 Å². The number of carbonyl (C=O) groups is 2. The van der Waals surface area contributed by atoms with Crippen molar-refractivity contribution < 1.29 is 19.1 Å². The summed E-state index contributed by atoms with van der Waals surface area (Å²) >= 11 is 1.99. The fourth-order valence-corrected chi connectivity index (χ4v) is 5.75. The number of nitrogens with one attached hydrogen (secondary N) is 1. The van der Waals surface area contributed by atoms with Gasteiger partial charge in [0.1, 0.15) is 11.7 Å². The van der Waals surface area contributed by atoms with E-state index in [0.717, 1.165) is 42.3 Å². The number of amides is 1. The molecule has 1 unspecified atom stereocenters. The third-order valence-electron chi connectivity index (χ3n) is 6.67. The number of nitrogens with zero attached hydrogens (tertiary/aromatic N) is 2. The van der Waals surface area contributed by atoms with Gasteiger partial charge < -0.3 is 10.4 Å². The number of carboxylic acid groups (broad SMARTS) is 1. The molecule has 0 aliphatic carbocycles. The molecule has 2 N–H and O–H groups in total. The van der Waals surface area contributed by atoms with Gasteiger partial charge in [0.2, 0.25) is 5.91 Å². The van der Waals surface area contributed by atoms with Crippen LogP contribution in [-0.2, 0) is 22.6 Å². The number of fused-ring (bicyclic) bond motifs is 1. The predicted molar refractivity (Wildman–Crippen MR) is 145 cm³/mol. The number of benzene rings is 3. The highest BCUT2D eigenvalue weighted by Gasteiger charge is 2.35. The largest absolute Gasteiger partial charge is 0.481 e. The van der Waals surface area contributed by atoms with Crippen molar-refractivity contribution >= 4 is 40.7 Å². The highest BCUT2D eigenvalue weighted by molar-refractivity contribution is 7.99. The van der Waals surface area contributed by atoms with Gasteiger partial charge in [0.05, 0.1) is 11.4 Å². The Kier molecular flexibility index (Phi) is 7.67. The van der Waals surface area contributed by atoms with Crippen molar-refractivity contribution in [1.29, 1.82) is 0 Å². The third-order valence-corrected chi connectivity index (χ3v) is 7.61. The van der Waals surface area contributed by atoms with Crippen LogP contribution in [-0.4, -0.2) is 52.2 Å². The molecule has 0 spiro atoms. The first-order valence-corrected chi connectivity index (χ1v) is 13.5. The number of thioether (sulfide) groups is 1. The molecule has 2 heterocycles. The summed E-state index contributed by atoms with van der Waals surface area (Å²) in [4.78, 5) is 31.6. The molecule has 0 saturated carbocycles. The summed E-state index contributed by atoms with van der Waals surface area (Å²) in [5.41, 5.74) is 5.16. The lowest BCUT2D eigenvalue weighted by atomic mass is 9.89. The zero-order valence-corrected chi connectivity index (χ0v) is 21.1. The number of halogens is 1. The quantitative estimate of drug-likeness (QED) is 0.399. The summed E-state index contributed by atoms with van der Waals surface area (Å²) in [6.07, 6.45) is 0.387. The number of rotatable bonds is 8. The molecule has 1 amide bonds. The molecule has 8 heteroatoms.